The molecular formula is C23H27N3. The van der Waals surface area contributed by atoms with E-state index in [0.717, 1.165) is 23.7 Å². The number of aromatic nitrogens is 2. The molecule has 2 aromatic rings. The van der Waals surface area contributed by atoms with Crippen molar-refractivity contribution >= 4 is 5.69 Å². The van der Waals surface area contributed by atoms with E-state index >= 15 is 0 Å². The van der Waals surface area contributed by atoms with Crippen LogP contribution in [-0.4, -0.2) is 9.97 Å². The first kappa shape index (κ1) is 15.2. The summed E-state index contributed by atoms with van der Waals surface area (Å²) in [6.07, 6.45) is 11.0. The Labute approximate surface area is 155 Å². The summed E-state index contributed by atoms with van der Waals surface area (Å²) in [5.74, 6) is 3.44. The summed E-state index contributed by atoms with van der Waals surface area (Å²) in [4.78, 5) is 12.1. The topological polar surface area (TPSA) is 29.0 Å². The molecule has 7 rings (SSSR count). The van der Waals surface area contributed by atoms with E-state index in [1.54, 1.807) is 6.33 Å². The van der Waals surface area contributed by atoms with E-state index < -0.39 is 0 Å². The van der Waals surface area contributed by atoms with E-state index in [4.69, 9.17) is 4.98 Å². The van der Waals surface area contributed by atoms with Crippen LogP contribution in [0.25, 0.3) is 0 Å². The fraction of sp³-hybridized carbons (Fsp3) is 0.565. The van der Waals surface area contributed by atoms with Gasteiger partial charge in [0.25, 0.3) is 0 Å². The number of hydrogen-bond donors (Lipinski definition) is 0. The Balaban J connectivity index is 1.62. The SMILES string of the molecule is Cc1ccccc1N1C(C)c2ncncc2C12C1CC3CC(C1)CC2C3. The van der Waals surface area contributed by atoms with E-state index in [0.29, 0.717) is 6.04 Å². The third-order valence-corrected chi connectivity index (χ3v) is 8.11. The maximum atomic E-state index is 4.80. The Hall–Kier alpha value is -1.90. The molecule has 0 radical (unpaired) electrons. The zero-order valence-electron chi connectivity index (χ0n) is 15.7. The van der Waals surface area contributed by atoms with Crippen LogP contribution in [0.5, 0.6) is 0 Å². The standard InChI is InChI=1S/C23H27N3/c1-14-5-3-4-6-21(14)26-15(2)22-20(12-24-13-25-22)23(26)18-8-16-7-17(10-18)11-19(23)9-16/h3-6,12-13,15-19H,7-11H2,1-2H3. The first-order valence-corrected chi connectivity index (χ1v) is 10.3. The van der Waals surface area contributed by atoms with E-state index in [1.165, 1.54) is 54.6 Å². The van der Waals surface area contributed by atoms with Gasteiger partial charge in [0.1, 0.15) is 6.33 Å². The lowest BCUT2D eigenvalue weighted by molar-refractivity contribution is -0.0603. The zero-order valence-corrected chi connectivity index (χ0v) is 15.7. The molecule has 4 saturated carbocycles. The van der Waals surface area contributed by atoms with Crippen molar-refractivity contribution < 1.29 is 0 Å². The predicted molar refractivity (Wildman–Crippen MR) is 103 cm³/mol. The summed E-state index contributed by atoms with van der Waals surface area (Å²) in [7, 11) is 0. The fourth-order valence-corrected chi connectivity index (χ4v) is 7.53. The van der Waals surface area contributed by atoms with Gasteiger partial charge in [-0.3, -0.25) is 0 Å². The molecule has 5 aliphatic rings. The summed E-state index contributed by atoms with van der Waals surface area (Å²) in [5, 5.41) is 0. The number of nitrogens with zero attached hydrogens (tertiary/aromatic N) is 3. The maximum Gasteiger partial charge on any atom is 0.115 e. The lowest BCUT2D eigenvalue weighted by Crippen LogP contribution is -2.62. The van der Waals surface area contributed by atoms with Crippen LogP contribution in [0, 0.1) is 30.6 Å². The highest BCUT2D eigenvalue weighted by molar-refractivity contribution is 5.63. The molecule has 1 aliphatic heterocycles. The molecular weight excluding hydrogens is 318 g/mol. The number of anilines is 1. The molecule has 3 nitrogen and oxygen atoms in total. The number of para-hydroxylation sites is 1. The van der Waals surface area contributed by atoms with E-state index in [9.17, 15) is 0 Å². The van der Waals surface area contributed by atoms with Crippen LogP contribution >= 0.6 is 0 Å². The smallest absolute Gasteiger partial charge is 0.115 e. The molecule has 4 aliphatic carbocycles. The van der Waals surface area contributed by atoms with Crippen molar-refractivity contribution in [2.45, 2.75) is 57.5 Å². The van der Waals surface area contributed by atoms with Gasteiger partial charge in [-0.25, -0.2) is 9.97 Å². The van der Waals surface area contributed by atoms with Crippen molar-refractivity contribution in [3.05, 3.63) is 53.6 Å². The molecule has 0 saturated heterocycles. The number of hydrogen-bond acceptors (Lipinski definition) is 3. The van der Waals surface area contributed by atoms with Crippen molar-refractivity contribution in [3.8, 4) is 0 Å². The molecule has 1 unspecified atom stereocenters. The molecule has 2 heterocycles. The van der Waals surface area contributed by atoms with Crippen LogP contribution in [0.2, 0.25) is 0 Å². The molecule has 4 fully saturated rings. The first-order chi connectivity index (χ1) is 12.7. The van der Waals surface area contributed by atoms with Crippen molar-refractivity contribution in [1.82, 2.24) is 9.97 Å². The molecule has 134 valence electrons. The highest BCUT2D eigenvalue weighted by Gasteiger charge is 2.65. The third kappa shape index (κ3) is 1.70. The molecule has 0 amide bonds. The minimum absolute atomic E-state index is 0.121. The molecule has 1 spiro atoms. The van der Waals surface area contributed by atoms with E-state index in [-0.39, 0.29) is 5.54 Å². The Bertz CT molecular complexity index is 845. The minimum Gasteiger partial charge on any atom is -0.353 e. The Kier molecular flexibility index (Phi) is 2.97. The number of fused-ring (bicyclic) bond motifs is 1. The molecule has 1 aromatic heterocycles. The normalized spacial score (nSPS) is 39.6. The van der Waals surface area contributed by atoms with Crippen molar-refractivity contribution in [2.24, 2.45) is 23.7 Å². The van der Waals surface area contributed by atoms with Crippen LogP contribution < -0.4 is 4.90 Å². The van der Waals surface area contributed by atoms with Gasteiger partial charge in [0.2, 0.25) is 0 Å². The first-order valence-electron chi connectivity index (χ1n) is 10.3. The average Bonchev–Trinajstić information content (AvgIpc) is 2.90. The highest BCUT2D eigenvalue weighted by Crippen LogP contribution is 2.68. The molecule has 1 aromatic carbocycles. The van der Waals surface area contributed by atoms with Crippen molar-refractivity contribution in [3.63, 3.8) is 0 Å². The fourth-order valence-electron chi connectivity index (χ4n) is 7.53. The summed E-state index contributed by atoms with van der Waals surface area (Å²) >= 11 is 0. The van der Waals surface area contributed by atoms with Gasteiger partial charge >= 0.3 is 0 Å². The summed E-state index contributed by atoms with van der Waals surface area (Å²) in [6, 6.07) is 9.29. The van der Waals surface area contributed by atoms with Crippen LogP contribution in [0.1, 0.15) is 61.9 Å². The summed E-state index contributed by atoms with van der Waals surface area (Å²) in [5.41, 5.74) is 5.63. The lowest BCUT2D eigenvalue weighted by Gasteiger charge is -2.63. The van der Waals surface area contributed by atoms with Crippen LogP contribution in [0.4, 0.5) is 5.69 Å². The van der Waals surface area contributed by atoms with Crippen LogP contribution in [-0.2, 0) is 5.54 Å². The third-order valence-electron chi connectivity index (χ3n) is 8.11. The maximum absolute atomic E-state index is 4.80. The second kappa shape index (κ2) is 5.09. The molecule has 4 bridgehead atoms. The van der Waals surface area contributed by atoms with Gasteiger partial charge in [0.05, 0.1) is 17.3 Å². The zero-order chi connectivity index (χ0) is 17.5. The number of benzene rings is 1. The van der Waals surface area contributed by atoms with Gasteiger partial charge in [-0.1, -0.05) is 18.2 Å². The minimum atomic E-state index is 0.121. The summed E-state index contributed by atoms with van der Waals surface area (Å²) in [6.45, 7) is 4.62. The van der Waals surface area contributed by atoms with Crippen LogP contribution in [0.15, 0.2) is 36.8 Å². The second-order valence-electron chi connectivity index (χ2n) is 9.28. The largest absolute Gasteiger partial charge is 0.353 e. The van der Waals surface area contributed by atoms with Gasteiger partial charge < -0.3 is 4.90 Å². The van der Waals surface area contributed by atoms with Gasteiger partial charge in [-0.2, -0.15) is 0 Å². The Morgan fingerprint density at radius 2 is 1.69 bits per heavy atom. The average molecular weight is 345 g/mol. The predicted octanol–water partition coefficient (Wildman–Crippen LogP) is 5.02. The van der Waals surface area contributed by atoms with Crippen molar-refractivity contribution in [1.29, 1.82) is 0 Å². The van der Waals surface area contributed by atoms with E-state index in [2.05, 4.69) is 54.2 Å². The Morgan fingerprint density at radius 3 is 2.38 bits per heavy atom. The van der Waals surface area contributed by atoms with Gasteiger partial charge in [-0.15, -0.1) is 0 Å². The number of aryl methyl sites for hydroxylation is 1. The molecule has 26 heavy (non-hydrogen) atoms. The molecule has 3 heteroatoms. The molecule has 1 atom stereocenters. The van der Waals surface area contributed by atoms with Crippen molar-refractivity contribution in [2.75, 3.05) is 4.90 Å². The Morgan fingerprint density at radius 1 is 1.00 bits per heavy atom. The number of rotatable bonds is 1. The summed E-state index contributed by atoms with van der Waals surface area (Å²) < 4.78 is 0. The van der Waals surface area contributed by atoms with E-state index in [1.807, 2.05) is 0 Å². The highest BCUT2D eigenvalue weighted by atomic mass is 15.3. The lowest BCUT2D eigenvalue weighted by atomic mass is 9.47. The molecule has 0 N–H and O–H groups in total. The quantitative estimate of drug-likeness (QED) is 0.727. The second-order valence-corrected chi connectivity index (χ2v) is 9.28. The van der Waals surface area contributed by atoms with Gasteiger partial charge in [-0.05, 0) is 81.3 Å². The van der Waals surface area contributed by atoms with Gasteiger partial charge in [0.15, 0.2) is 0 Å². The van der Waals surface area contributed by atoms with Gasteiger partial charge in [0, 0.05) is 17.4 Å². The monoisotopic (exact) mass is 345 g/mol. The van der Waals surface area contributed by atoms with Crippen LogP contribution in [0.3, 0.4) is 0 Å².